The zero-order valence-corrected chi connectivity index (χ0v) is 15.0. The van der Waals surface area contributed by atoms with Crippen molar-refractivity contribution in [2.75, 3.05) is 4.90 Å². The fourth-order valence-electron chi connectivity index (χ4n) is 5.58. The smallest absolute Gasteiger partial charge is 0.158 e. The van der Waals surface area contributed by atoms with Gasteiger partial charge in [0, 0.05) is 22.4 Å². The molecular weight excluding hydrogens is 294 g/mol. The molecule has 1 saturated carbocycles. The molecule has 2 aromatic carbocycles. The highest BCUT2D eigenvalue weighted by Gasteiger charge is 2.59. The number of furan rings is 1. The van der Waals surface area contributed by atoms with Crippen molar-refractivity contribution in [2.24, 2.45) is 5.41 Å². The summed E-state index contributed by atoms with van der Waals surface area (Å²) in [7, 11) is 0. The second kappa shape index (κ2) is 4.36. The zero-order chi connectivity index (χ0) is 16.7. The first kappa shape index (κ1) is 14.4. The molecule has 3 unspecified atom stereocenters. The van der Waals surface area contributed by atoms with E-state index in [1.165, 1.54) is 41.3 Å². The normalized spacial score (nSPS) is 32.3. The number of benzene rings is 2. The van der Waals surface area contributed by atoms with Crippen LogP contribution >= 0.6 is 0 Å². The van der Waals surface area contributed by atoms with Gasteiger partial charge in [0.05, 0.1) is 5.69 Å². The van der Waals surface area contributed by atoms with Gasteiger partial charge in [0.2, 0.25) is 0 Å². The first-order chi connectivity index (χ1) is 11.4. The van der Waals surface area contributed by atoms with Gasteiger partial charge in [-0.05, 0) is 57.1 Å². The molecule has 2 fully saturated rings. The van der Waals surface area contributed by atoms with Gasteiger partial charge in [-0.3, -0.25) is 0 Å². The van der Waals surface area contributed by atoms with E-state index in [1.807, 2.05) is 0 Å². The molecule has 0 amide bonds. The van der Waals surface area contributed by atoms with Crippen molar-refractivity contribution >= 4 is 27.6 Å². The van der Waals surface area contributed by atoms with Crippen molar-refractivity contribution in [2.45, 2.75) is 58.5 Å². The molecule has 3 aromatic rings. The Balaban J connectivity index is 1.82. The lowest BCUT2D eigenvalue weighted by molar-refractivity contribution is 0.290. The van der Waals surface area contributed by atoms with Crippen LogP contribution in [-0.2, 0) is 0 Å². The monoisotopic (exact) mass is 319 g/mol. The van der Waals surface area contributed by atoms with Gasteiger partial charge >= 0.3 is 0 Å². The molecule has 0 N–H and O–H groups in total. The molecule has 1 aliphatic heterocycles. The Kier molecular flexibility index (Phi) is 2.61. The average molecular weight is 319 g/mol. The Labute approximate surface area is 143 Å². The third-order valence-corrected chi connectivity index (χ3v) is 6.96. The summed E-state index contributed by atoms with van der Waals surface area (Å²) in [4.78, 5) is 2.69. The Bertz CT molecular complexity index is 971. The first-order valence-electron chi connectivity index (χ1n) is 9.13. The van der Waals surface area contributed by atoms with Gasteiger partial charge in [-0.2, -0.15) is 0 Å². The lowest BCUT2D eigenvalue weighted by Crippen LogP contribution is -2.49. The number of piperidine rings is 1. The van der Waals surface area contributed by atoms with Gasteiger partial charge in [0.1, 0.15) is 5.58 Å². The molecule has 1 aromatic heterocycles. The Morgan fingerprint density at radius 1 is 1.04 bits per heavy atom. The molecule has 124 valence electrons. The van der Waals surface area contributed by atoms with Crippen LogP contribution in [0.3, 0.4) is 0 Å². The molecule has 2 nitrogen and oxygen atoms in total. The molecular formula is C22H25NO. The first-order valence-corrected chi connectivity index (χ1v) is 9.13. The molecule has 2 heterocycles. The van der Waals surface area contributed by atoms with Gasteiger partial charge in [-0.25, -0.2) is 0 Å². The Morgan fingerprint density at radius 3 is 2.58 bits per heavy atom. The van der Waals surface area contributed by atoms with Crippen LogP contribution in [0.15, 0.2) is 40.8 Å². The molecule has 0 radical (unpaired) electrons. The van der Waals surface area contributed by atoms with Gasteiger partial charge in [-0.15, -0.1) is 0 Å². The third kappa shape index (κ3) is 1.62. The average Bonchev–Trinajstić information content (AvgIpc) is 3.13. The van der Waals surface area contributed by atoms with Crippen molar-refractivity contribution in [3.63, 3.8) is 0 Å². The van der Waals surface area contributed by atoms with E-state index in [4.69, 9.17) is 4.42 Å². The number of aryl methyl sites for hydroxylation is 1. The fraction of sp³-hybridized carbons (Fsp3) is 0.455. The lowest BCUT2D eigenvalue weighted by atomic mass is 9.82. The molecule has 2 bridgehead atoms. The minimum absolute atomic E-state index is 0.256. The van der Waals surface area contributed by atoms with Crippen LogP contribution in [0.1, 0.15) is 45.6 Å². The Morgan fingerprint density at radius 2 is 1.83 bits per heavy atom. The number of fused-ring (bicyclic) bond motifs is 5. The maximum absolute atomic E-state index is 6.37. The van der Waals surface area contributed by atoms with Crippen molar-refractivity contribution in [3.05, 3.63) is 42.0 Å². The van der Waals surface area contributed by atoms with E-state index in [0.717, 1.165) is 11.2 Å². The van der Waals surface area contributed by atoms with E-state index < -0.39 is 0 Å². The van der Waals surface area contributed by atoms with Crippen LogP contribution in [0, 0.1) is 12.3 Å². The van der Waals surface area contributed by atoms with E-state index in [9.17, 15) is 0 Å². The van der Waals surface area contributed by atoms with Crippen molar-refractivity contribution < 1.29 is 4.42 Å². The molecule has 2 aliphatic rings. The molecule has 1 aliphatic carbocycles. The summed E-state index contributed by atoms with van der Waals surface area (Å²) < 4.78 is 6.37. The predicted molar refractivity (Wildman–Crippen MR) is 101 cm³/mol. The summed E-state index contributed by atoms with van der Waals surface area (Å²) in [5.74, 6) is 0. The number of para-hydroxylation sites is 1. The summed E-state index contributed by atoms with van der Waals surface area (Å²) in [6.45, 7) is 9.55. The second-order valence-corrected chi connectivity index (χ2v) is 8.58. The standard InChI is InChI=1S/C22H25NO/c1-14-9-10-17-16-7-5-6-8-18(16)24-20(17)19(14)23-15(2)21(3)11-12-22(23,4)13-21/h5-10,15H,11-13H2,1-4H3. The quantitative estimate of drug-likeness (QED) is 0.542. The highest BCUT2D eigenvalue weighted by atomic mass is 16.3. The topological polar surface area (TPSA) is 16.4 Å². The van der Waals surface area contributed by atoms with Crippen molar-refractivity contribution in [1.82, 2.24) is 0 Å². The van der Waals surface area contributed by atoms with Gasteiger partial charge in [0.15, 0.2) is 5.58 Å². The van der Waals surface area contributed by atoms with E-state index in [2.05, 4.69) is 69.0 Å². The van der Waals surface area contributed by atoms with Gasteiger partial charge in [0.25, 0.3) is 0 Å². The van der Waals surface area contributed by atoms with Crippen LogP contribution in [-0.4, -0.2) is 11.6 Å². The predicted octanol–water partition coefficient (Wildman–Crippen LogP) is 6.05. The van der Waals surface area contributed by atoms with Gasteiger partial charge in [-0.1, -0.05) is 37.3 Å². The SMILES string of the molecule is Cc1ccc2c(oc3ccccc32)c1N1C(C)C2(C)CCC1(C)C2. The number of nitrogens with zero attached hydrogens (tertiary/aromatic N) is 1. The van der Waals surface area contributed by atoms with Crippen LogP contribution in [0.5, 0.6) is 0 Å². The lowest BCUT2D eigenvalue weighted by Gasteiger charge is -2.44. The summed E-state index contributed by atoms with van der Waals surface area (Å²) in [6.07, 6.45) is 3.91. The largest absolute Gasteiger partial charge is 0.454 e. The van der Waals surface area contributed by atoms with E-state index in [-0.39, 0.29) is 5.54 Å². The van der Waals surface area contributed by atoms with E-state index in [0.29, 0.717) is 11.5 Å². The molecule has 24 heavy (non-hydrogen) atoms. The highest BCUT2D eigenvalue weighted by Crippen LogP contribution is 2.60. The number of rotatable bonds is 1. The number of anilines is 1. The summed E-state index contributed by atoms with van der Waals surface area (Å²) in [6, 6.07) is 13.4. The van der Waals surface area contributed by atoms with Crippen LogP contribution in [0.25, 0.3) is 21.9 Å². The molecule has 5 rings (SSSR count). The fourth-order valence-corrected chi connectivity index (χ4v) is 5.58. The highest BCUT2D eigenvalue weighted by molar-refractivity contribution is 6.09. The summed E-state index contributed by atoms with van der Waals surface area (Å²) in [5.41, 5.74) is 5.39. The third-order valence-electron chi connectivity index (χ3n) is 6.96. The summed E-state index contributed by atoms with van der Waals surface area (Å²) in [5, 5.41) is 2.47. The Hall–Kier alpha value is -1.96. The van der Waals surface area contributed by atoms with Crippen LogP contribution < -0.4 is 4.90 Å². The van der Waals surface area contributed by atoms with E-state index >= 15 is 0 Å². The molecule has 0 spiro atoms. The zero-order valence-electron chi connectivity index (χ0n) is 15.0. The molecule has 1 saturated heterocycles. The minimum atomic E-state index is 0.256. The summed E-state index contributed by atoms with van der Waals surface area (Å²) >= 11 is 0. The van der Waals surface area contributed by atoms with Gasteiger partial charge < -0.3 is 9.32 Å². The number of hydrogen-bond donors (Lipinski definition) is 0. The molecule has 3 atom stereocenters. The maximum Gasteiger partial charge on any atom is 0.158 e. The molecule has 2 heteroatoms. The van der Waals surface area contributed by atoms with Crippen molar-refractivity contribution in [1.29, 1.82) is 0 Å². The van der Waals surface area contributed by atoms with Crippen LogP contribution in [0.2, 0.25) is 0 Å². The number of hydrogen-bond acceptors (Lipinski definition) is 2. The second-order valence-electron chi connectivity index (χ2n) is 8.58. The van der Waals surface area contributed by atoms with Crippen LogP contribution in [0.4, 0.5) is 5.69 Å². The van der Waals surface area contributed by atoms with Crippen molar-refractivity contribution in [3.8, 4) is 0 Å². The minimum Gasteiger partial charge on any atom is -0.454 e. The van der Waals surface area contributed by atoms with E-state index in [1.54, 1.807) is 0 Å². The maximum atomic E-state index is 6.37.